The summed E-state index contributed by atoms with van der Waals surface area (Å²) in [5.41, 5.74) is 3.43. The molecule has 0 unspecified atom stereocenters. The predicted molar refractivity (Wildman–Crippen MR) is 127 cm³/mol. The molecule has 0 aliphatic rings. The number of hydrogen-bond acceptors (Lipinski definition) is 4. The fourth-order valence-electron chi connectivity index (χ4n) is 3.39. The van der Waals surface area contributed by atoms with E-state index >= 15 is 0 Å². The second kappa shape index (κ2) is 9.38. The zero-order valence-corrected chi connectivity index (χ0v) is 19.4. The second-order valence-electron chi connectivity index (χ2n) is 7.09. The lowest BCUT2D eigenvalue weighted by molar-refractivity contribution is 0.0732. The Balaban J connectivity index is 1.66. The first-order valence-corrected chi connectivity index (χ1v) is 10.8. The van der Waals surface area contributed by atoms with E-state index in [9.17, 15) is 4.79 Å². The van der Waals surface area contributed by atoms with Crippen LogP contribution in [0.15, 0.2) is 73.1 Å². The molecule has 158 valence electrons. The van der Waals surface area contributed by atoms with Gasteiger partial charge in [-0.05, 0) is 70.1 Å². The highest BCUT2D eigenvalue weighted by Crippen LogP contribution is 2.21. The molecule has 0 aliphatic heterocycles. The summed E-state index contributed by atoms with van der Waals surface area (Å²) in [6.07, 6.45) is 3.51. The molecule has 0 aliphatic carbocycles. The highest BCUT2D eigenvalue weighted by atomic mass is 127. The lowest BCUT2D eigenvalue weighted by Gasteiger charge is -2.23. The van der Waals surface area contributed by atoms with Gasteiger partial charge < -0.3 is 14.4 Å². The van der Waals surface area contributed by atoms with Crippen LogP contribution in [0.5, 0.6) is 11.5 Å². The maximum Gasteiger partial charge on any atom is 0.258 e. The smallest absolute Gasteiger partial charge is 0.258 e. The van der Waals surface area contributed by atoms with Gasteiger partial charge in [0.05, 0.1) is 31.5 Å². The number of hydrogen-bond donors (Lipinski definition) is 0. The molecule has 0 saturated heterocycles. The van der Waals surface area contributed by atoms with Gasteiger partial charge in [-0.25, -0.2) is 4.52 Å². The average molecular weight is 527 g/mol. The van der Waals surface area contributed by atoms with Gasteiger partial charge in [0.1, 0.15) is 11.5 Å². The minimum Gasteiger partial charge on any atom is -0.497 e. The van der Waals surface area contributed by atoms with Gasteiger partial charge in [-0.3, -0.25) is 4.79 Å². The summed E-state index contributed by atoms with van der Waals surface area (Å²) in [5, 5.41) is 4.36. The third-order valence-corrected chi connectivity index (χ3v) is 5.74. The maximum atomic E-state index is 13.6. The number of methoxy groups -OCH3 is 2. The van der Waals surface area contributed by atoms with Crippen molar-refractivity contribution >= 4 is 34.0 Å². The van der Waals surface area contributed by atoms with E-state index in [1.165, 1.54) is 0 Å². The van der Waals surface area contributed by atoms with Crippen molar-refractivity contribution < 1.29 is 14.3 Å². The van der Waals surface area contributed by atoms with Crippen molar-refractivity contribution in [2.24, 2.45) is 0 Å². The van der Waals surface area contributed by atoms with Crippen molar-refractivity contribution in [1.29, 1.82) is 0 Å². The molecule has 31 heavy (non-hydrogen) atoms. The molecule has 0 saturated carbocycles. The molecule has 0 bridgehead atoms. The van der Waals surface area contributed by atoms with E-state index in [0.29, 0.717) is 18.7 Å². The van der Waals surface area contributed by atoms with Gasteiger partial charge in [-0.2, -0.15) is 5.10 Å². The number of nitrogens with zero attached hydrogens (tertiary/aromatic N) is 3. The van der Waals surface area contributed by atoms with Crippen LogP contribution in [0, 0.1) is 3.57 Å². The minimum atomic E-state index is -0.0661. The SMILES string of the molecule is COc1ccc(CN(Cc2ccc(OC)cc2)C(=O)c2cnn3ccc(I)cc23)cc1. The molecule has 0 atom stereocenters. The van der Waals surface area contributed by atoms with E-state index in [1.807, 2.05) is 71.8 Å². The fourth-order valence-corrected chi connectivity index (χ4v) is 3.85. The predicted octanol–water partition coefficient (Wildman–Crippen LogP) is 4.80. The maximum absolute atomic E-state index is 13.6. The number of pyridine rings is 1. The monoisotopic (exact) mass is 527 g/mol. The van der Waals surface area contributed by atoms with Gasteiger partial charge in [0.25, 0.3) is 5.91 Å². The molecular weight excluding hydrogens is 505 g/mol. The number of amides is 1. The molecule has 7 heteroatoms. The number of benzene rings is 2. The van der Waals surface area contributed by atoms with E-state index in [-0.39, 0.29) is 5.91 Å². The lowest BCUT2D eigenvalue weighted by atomic mass is 10.1. The number of rotatable bonds is 7. The normalized spacial score (nSPS) is 10.8. The van der Waals surface area contributed by atoms with Crippen LogP contribution in [0.3, 0.4) is 0 Å². The van der Waals surface area contributed by atoms with Crippen LogP contribution in [0.4, 0.5) is 0 Å². The van der Waals surface area contributed by atoms with Crippen LogP contribution in [0.1, 0.15) is 21.5 Å². The van der Waals surface area contributed by atoms with E-state index in [0.717, 1.165) is 31.7 Å². The first kappa shape index (κ1) is 21.2. The summed E-state index contributed by atoms with van der Waals surface area (Å²) in [6.45, 7) is 0.937. The molecule has 6 nitrogen and oxygen atoms in total. The average Bonchev–Trinajstić information content (AvgIpc) is 3.22. The first-order valence-electron chi connectivity index (χ1n) is 9.75. The lowest BCUT2D eigenvalue weighted by Crippen LogP contribution is -2.30. The third kappa shape index (κ3) is 4.82. The third-order valence-electron chi connectivity index (χ3n) is 5.07. The van der Waals surface area contributed by atoms with Crippen molar-refractivity contribution in [3.63, 3.8) is 0 Å². The number of carbonyl (C=O) groups is 1. The Labute approximate surface area is 194 Å². The van der Waals surface area contributed by atoms with Crippen molar-refractivity contribution in [1.82, 2.24) is 14.5 Å². The van der Waals surface area contributed by atoms with Gasteiger partial charge in [-0.15, -0.1) is 0 Å². The molecule has 4 rings (SSSR count). The summed E-state index contributed by atoms with van der Waals surface area (Å²) in [4.78, 5) is 15.4. The molecule has 0 fully saturated rings. The largest absolute Gasteiger partial charge is 0.497 e. The summed E-state index contributed by atoms with van der Waals surface area (Å²) in [6, 6.07) is 19.5. The fraction of sp³-hybridized carbons (Fsp3) is 0.167. The van der Waals surface area contributed by atoms with Crippen molar-refractivity contribution in [2.45, 2.75) is 13.1 Å². The zero-order chi connectivity index (χ0) is 21.8. The molecule has 0 radical (unpaired) electrons. The Hall–Kier alpha value is -3.07. The Morgan fingerprint density at radius 3 is 2.00 bits per heavy atom. The summed E-state index contributed by atoms with van der Waals surface area (Å²) in [5.74, 6) is 1.51. The zero-order valence-electron chi connectivity index (χ0n) is 17.3. The van der Waals surface area contributed by atoms with Crippen molar-refractivity contribution in [3.8, 4) is 11.5 Å². The molecule has 2 heterocycles. The van der Waals surface area contributed by atoms with Gasteiger partial charge >= 0.3 is 0 Å². The summed E-state index contributed by atoms with van der Waals surface area (Å²) >= 11 is 2.24. The van der Waals surface area contributed by atoms with Gasteiger partial charge in [0.2, 0.25) is 0 Å². The van der Waals surface area contributed by atoms with Gasteiger partial charge in [0.15, 0.2) is 0 Å². The van der Waals surface area contributed by atoms with Crippen molar-refractivity contribution in [3.05, 3.63) is 93.3 Å². The first-order chi connectivity index (χ1) is 15.1. The van der Waals surface area contributed by atoms with Gasteiger partial charge in [-0.1, -0.05) is 24.3 Å². The van der Waals surface area contributed by atoms with E-state index < -0.39 is 0 Å². The van der Waals surface area contributed by atoms with Crippen LogP contribution in [0.25, 0.3) is 5.52 Å². The van der Waals surface area contributed by atoms with Crippen molar-refractivity contribution in [2.75, 3.05) is 14.2 Å². The Morgan fingerprint density at radius 1 is 0.935 bits per heavy atom. The topological polar surface area (TPSA) is 56.1 Å². The standard InChI is InChI=1S/C24H22IN3O3/c1-30-20-7-3-17(4-8-20)15-27(16-18-5-9-21(31-2)10-6-18)24(29)22-14-26-28-12-11-19(25)13-23(22)28/h3-14H,15-16H2,1-2H3. The molecule has 2 aromatic heterocycles. The Bertz CT molecular complexity index is 1140. The number of carbonyl (C=O) groups excluding carboxylic acids is 1. The Kier molecular flexibility index (Phi) is 6.41. The molecule has 1 amide bonds. The molecule has 4 aromatic rings. The van der Waals surface area contributed by atoms with Crippen LogP contribution in [0.2, 0.25) is 0 Å². The number of fused-ring (bicyclic) bond motifs is 1. The number of ether oxygens (including phenoxy) is 2. The quantitative estimate of drug-likeness (QED) is 0.324. The van der Waals surface area contributed by atoms with Crippen LogP contribution in [-0.4, -0.2) is 34.6 Å². The molecule has 0 spiro atoms. The molecule has 0 N–H and O–H groups in total. The number of aromatic nitrogens is 2. The van der Waals surface area contributed by atoms with E-state index in [4.69, 9.17) is 9.47 Å². The minimum absolute atomic E-state index is 0.0661. The van der Waals surface area contributed by atoms with Crippen LogP contribution < -0.4 is 9.47 Å². The van der Waals surface area contributed by atoms with Crippen LogP contribution >= 0.6 is 22.6 Å². The van der Waals surface area contributed by atoms with E-state index in [1.54, 1.807) is 24.9 Å². The summed E-state index contributed by atoms with van der Waals surface area (Å²) in [7, 11) is 3.28. The van der Waals surface area contributed by atoms with Gasteiger partial charge in [0, 0.05) is 22.9 Å². The van der Waals surface area contributed by atoms with E-state index in [2.05, 4.69) is 27.7 Å². The molecule has 2 aromatic carbocycles. The highest BCUT2D eigenvalue weighted by molar-refractivity contribution is 14.1. The number of halogens is 1. The summed E-state index contributed by atoms with van der Waals surface area (Å²) < 4.78 is 13.3. The second-order valence-corrected chi connectivity index (χ2v) is 8.34. The Morgan fingerprint density at radius 2 is 1.48 bits per heavy atom. The highest BCUT2D eigenvalue weighted by Gasteiger charge is 2.21. The molecular formula is C24H22IN3O3. The van der Waals surface area contributed by atoms with Crippen LogP contribution in [-0.2, 0) is 13.1 Å².